The van der Waals surface area contributed by atoms with E-state index in [0.29, 0.717) is 18.4 Å². The van der Waals surface area contributed by atoms with Crippen LogP contribution < -0.4 is 11.2 Å². The zero-order valence-corrected chi connectivity index (χ0v) is 26.1. The quantitative estimate of drug-likeness (QED) is 0.118. The molecule has 1 aromatic rings. The summed E-state index contributed by atoms with van der Waals surface area (Å²) in [5, 5.41) is 8.93. The lowest BCUT2D eigenvalue weighted by atomic mass is 10.2. The Morgan fingerprint density at radius 1 is 0.721 bits per heavy atom. The number of hydrogen-bond acceptors (Lipinski definition) is 13. The molecule has 0 unspecified atom stereocenters. The third-order valence-corrected chi connectivity index (χ3v) is 8.49. The van der Waals surface area contributed by atoms with Crippen LogP contribution >= 0.6 is 46.9 Å². The summed E-state index contributed by atoms with van der Waals surface area (Å²) >= 11 is 0. The highest BCUT2D eigenvalue weighted by molar-refractivity contribution is 7.61. The summed E-state index contributed by atoms with van der Waals surface area (Å²) in [6.45, 7) is 1.58. The first-order chi connectivity index (χ1) is 18.7. The monoisotopic (exact) mass is 760 g/mol. The maximum absolute atomic E-state index is 11.5. The zero-order valence-electron chi connectivity index (χ0n) is 20.7. The minimum Gasteiger partial charge on any atom is -0.394 e. The second kappa shape index (κ2) is 17.3. The molecule has 0 amide bonds. The Balaban J connectivity index is 0. The number of nitrogens with zero attached hydrogens (tertiary/aromatic N) is 1. The average molecular weight is 760 g/mol. The van der Waals surface area contributed by atoms with Crippen molar-refractivity contribution in [3.05, 3.63) is 32.6 Å². The number of ether oxygens (including phenoxy) is 1. The van der Waals surface area contributed by atoms with Gasteiger partial charge in [-0.05, 0) is 19.8 Å². The van der Waals surface area contributed by atoms with Crippen LogP contribution in [0.2, 0.25) is 0 Å². The zero-order chi connectivity index (χ0) is 34.8. The van der Waals surface area contributed by atoms with Gasteiger partial charge in [0.15, 0.2) is 0 Å². The van der Waals surface area contributed by atoms with Gasteiger partial charge in [0.1, 0.15) is 6.23 Å². The highest BCUT2D eigenvalue weighted by Gasteiger charge is 2.30. The van der Waals surface area contributed by atoms with Gasteiger partial charge in [0.05, 0.1) is 12.7 Å². The molecule has 0 bridgehead atoms. The van der Waals surface area contributed by atoms with Crippen LogP contribution in [0.3, 0.4) is 0 Å². The number of aliphatic hydroxyl groups excluding tert-OH is 1. The van der Waals surface area contributed by atoms with Gasteiger partial charge in [-0.2, -0.15) is 12.9 Å². The predicted octanol–water partition coefficient (Wildman–Crippen LogP) is -2.92. The van der Waals surface area contributed by atoms with E-state index in [1.807, 2.05) is 0 Å². The molecule has 0 aromatic carbocycles. The van der Waals surface area contributed by atoms with Crippen LogP contribution in [-0.4, -0.2) is 86.1 Å². The van der Waals surface area contributed by atoms with E-state index in [9.17, 15) is 37.0 Å². The third kappa shape index (κ3) is 27.4. The van der Waals surface area contributed by atoms with Crippen molar-refractivity contribution in [2.75, 3.05) is 6.61 Å². The van der Waals surface area contributed by atoms with Gasteiger partial charge in [0.2, 0.25) is 0 Å². The number of aliphatic hydroxyl groups is 1. The summed E-state index contributed by atoms with van der Waals surface area (Å²) in [5.74, 6) is 0. The molecular weight excluding hydrogens is 734 g/mol. The van der Waals surface area contributed by atoms with E-state index in [0.717, 1.165) is 0 Å². The smallest absolute Gasteiger partial charge is 0.394 e. The fourth-order valence-corrected chi connectivity index (χ4v) is 5.57. The van der Waals surface area contributed by atoms with Crippen molar-refractivity contribution in [1.82, 2.24) is 9.55 Å². The van der Waals surface area contributed by atoms with Crippen LogP contribution in [0.5, 0.6) is 0 Å². The molecule has 2 rings (SSSR count). The van der Waals surface area contributed by atoms with E-state index in [1.54, 1.807) is 6.92 Å². The average Bonchev–Trinajstić information content (AvgIpc) is 3.12. The first kappa shape index (κ1) is 44.5. The van der Waals surface area contributed by atoms with E-state index >= 15 is 0 Å². The van der Waals surface area contributed by atoms with Crippen molar-refractivity contribution >= 4 is 46.9 Å². The molecule has 1 aliphatic rings. The van der Waals surface area contributed by atoms with Crippen LogP contribution in [0.1, 0.15) is 24.6 Å². The van der Waals surface area contributed by atoms with Gasteiger partial charge in [-0.1, -0.05) is 0 Å². The van der Waals surface area contributed by atoms with Crippen molar-refractivity contribution in [2.24, 2.45) is 0 Å². The summed E-state index contributed by atoms with van der Waals surface area (Å²) in [4.78, 5) is 118. The van der Waals surface area contributed by atoms with E-state index in [-0.39, 0.29) is 24.5 Å². The fraction of sp³-hybridized carbons (Fsp3) is 0.600. The number of H-pyrrole nitrogens is 1. The SMILES string of the molecule is Cc1cn([C@H]2CC[C@@H](CO)O2)c(=O)[nH]c1=O.O=P(O)(O)OP(=O)(O)O.O=P(O)(O)OP(=O)(O)O.O=P(O)(O)OP(=O)(O)O. The van der Waals surface area contributed by atoms with Gasteiger partial charge < -0.3 is 68.6 Å². The van der Waals surface area contributed by atoms with Crippen LogP contribution in [0.4, 0.5) is 0 Å². The van der Waals surface area contributed by atoms with Gasteiger partial charge in [-0.25, -0.2) is 32.2 Å². The van der Waals surface area contributed by atoms with Gasteiger partial charge in [-0.15, -0.1) is 0 Å². The molecule has 2 atom stereocenters. The fourth-order valence-electron chi connectivity index (χ4n) is 2.24. The van der Waals surface area contributed by atoms with Crippen molar-refractivity contribution in [3.8, 4) is 0 Å². The van der Waals surface area contributed by atoms with Crippen LogP contribution in [0, 0.1) is 6.92 Å². The van der Waals surface area contributed by atoms with Crippen molar-refractivity contribution < 1.29 is 109 Å². The van der Waals surface area contributed by atoms with Crippen molar-refractivity contribution in [1.29, 1.82) is 0 Å². The molecule has 33 heteroatoms. The molecule has 1 saturated heterocycles. The summed E-state index contributed by atoms with van der Waals surface area (Å²) in [7, 11) is -30.3. The molecule has 1 aromatic heterocycles. The predicted molar refractivity (Wildman–Crippen MR) is 132 cm³/mol. The van der Waals surface area contributed by atoms with Crippen LogP contribution in [0.25, 0.3) is 0 Å². The largest absolute Gasteiger partial charge is 0.478 e. The summed E-state index contributed by atoms with van der Waals surface area (Å²) in [5.41, 5.74) is -0.382. The second-order valence-electron chi connectivity index (χ2n) is 7.14. The standard InChI is InChI=1S/C10H14N2O4.3H4O7P2/c1-6-4-12(10(15)11-9(6)14)8-3-2-7(5-13)16-8;3*1-8(2,3)7-9(4,5)6/h4,7-8,13H,2-3,5H2,1H3,(H,11,14,15);3*(H2,1,2,3)(H2,4,5,6)/t7-,8+;;;/m0.../s1. The Bertz CT molecular complexity index is 1270. The molecule has 0 saturated carbocycles. The van der Waals surface area contributed by atoms with Gasteiger partial charge in [0.25, 0.3) is 5.56 Å². The molecule has 27 nitrogen and oxygen atoms in total. The van der Waals surface area contributed by atoms with Gasteiger partial charge in [0, 0.05) is 11.8 Å². The number of nitrogens with one attached hydrogen (secondary N) is 1. The van der Waals surface area contributed by atoms with Gasteiger partial charge >= 0.3 is 52.6 Å². The minimum absolute atomic E-state index is 0.0480. The van der Waals surface area contributed by atoms with Gasteiger partial charge in [-0.3, -0.25) is 14.3 Å². The number of phosphoric acid groups is 6. The Kier molecular flexibility index (Phi) is 17.9. The third-order valence-electron chi connectivity index (χ3n) is 3.38. The number of rotatable bonds is 8. The topological polar surface area (TPSA) is 457 Å². The first-order valence-corrected chi connectivity index (χ1v) is 19.0. The first-order valence-electron chi connectivity index (χ1n) is 9.79. The molecule has 1 aliphatic heterocycles. The molecule has 1 fully saturated rings. The second-order valence-corrected chi connectivity index (χ2v) is 15.0. The van der Waals surface area contributed by atoms with E-state index < -0.39 is 52.6 Å². The Hall–Kier alpha value is -0.620. The van der Waals surface area contributed by atoms with E-state index in [4.69, 9.17) is 68.6 Å². The molecule has 0 radical (unpaired) electrons. The summed E-state index contributed by atoms with van der Waals surface area (Å²) in [6, 6.07) is 0. The number of aryl methyl sites for hydroxylation is 1. The Morgan fingerprint density at radius 2 is 1.05 bits per heavy atom. The highest BCUT2D eigenvalue weighted by Crippen LogP contribution is 2.55. The lowest BCUT2D eigenvalue weighted by Crippen LogP contribution is -2.33. The van der Waals surface area contributed by atoms with E-state index in [1.165, 1.54) is 10.8 Å². The summed E-state index contributed by atoms with van der Waals surface area (Å²) < 4.78 is 73.5. The summed E-state index contributed by atoms with van der Waals surface area (Å²) in [6.07, 6.45) is 2.26. The Morgan fingerprint density at radius 3 is 1.28 bits per heavy atom. The molecular formula is C10H26N2O25P6. The van der Waals surface area contributed by atoms with Crippen LogP contribution in [-0.2, 0) is 45.1 Å². The molecule has 256 valence electrons. The molecule has 2 heterocycles. The van der Waals surface area contributed by atoms with Crippen molar-refractivity contribution in [3.63, 3.8) is 0 Å². The highest BCUT2D eigenvalue weighted by atomic mass is 31.3. The minimum atomic E-state index is -5.05. The normalized spacial score (nSPS) is 17.9. The maximum atomic E-state index is 11.5. The maximum Gasteiger partial charge on any atom is 0.478 e. The molecule has 0 aliphatic carbocycles. The van der Waals surface area contributed by atoms with Crippen molar-refractivity contribution in [2.45, 2.75) is 32.1 Å². The lowest BCUT2D eigenvalue weighted by Gasteiger charge is -2.14. The lowest BCUT2D eigenvalue weighted by molar-refractivity contribution is -0.0247. The van der Waals surface area contributed by atoms with E-state index in [2.05, 4.69) is 17.9 Å². The molecule has 14 N–H and O–H groups in total. The molecule has 43 heavy (non-hydrogen) atoms. The van der Waals surface area contributed by atoms with Crippen LogP contribution in [0.15, 0.2) is 15.8 Å². The Labute approximate surface area is 237 Å². The molecule has 0 spiro atoms. The number of aromatic amines is 1. The number of aromatic nitrogens is 2. The number of hydrogen-bond donors (Lipinski definition) is 14.